The van der Waals surface area contributed by atoms with Crippen LogP contribution in [0.5, 0.6) is 0 Å². The van der Waals surface area contributed by atoms with Crippen molar-refractivity contribution in [3.05, 3.63) is 144 Å². The van der Waals surface area contributed by atoms with Crippen molar-refractivity contribution in [3.8, 4) is 0 Å². The first-order chi connectivity index (χ1) is 24.5. The summed E-state index contributed by atoms with van der Waals surface area (Å²) in [7, 11) is 0. The number of carbonyl (C=O) groups excluding carboxylic acids is 4. The van der Waals surface area contributed by atoms with Crippen LogP contribution in [-0.4, -0.2) is 101 Å². The summed E-state index contributed by atoms with van der Waals surface area (Å²) in [6, 6.07) is 37.8. The number of benzene rings is 4. The van der Waals surface area contributed by atoms with E-state index >= 15 is 0 Å². The third-order valence-electron chi connectivity index (χ3n) is 10.4. The quantitative estimate of drug-likeness (QED) is 0.265. The molecule has 0 radical (unpaired) electrons. The molecule has 252 valence electrons. The molecule has 0 unspecified atom stereocenters. The average molecular weight is 669 g/mol. The number of rotatable bonds is 8. The van der Waals surface area contributed by atoms with Gasteiger partial charge in [-0.2, -0.15) is 0 Å². The summed E-state index contributed by atoms with van der Waals surface area (Å²) in [6.07, 6.45) is -2.71. The summed E-state index contributed by atoms with van der Waals surface area (Å²) in [6.45, 7) is 1.02. The fraction of sp³-hybridized carbons (Fsp3) is 0.263. The zero-order valence-electron chi connectivity index (χ0n) is 27.3. The van der Waals surface area contributed by atoms with Crippen molar-refractivity contribution in [1.29, 1.82) is 0 Å². The van der Waals surface area contributed by atoms with Gasteiger partial charge >= 0.3 is 24.1 Å². The van der Waals surface area contributed by atoms with Crippen molar-refractivity contribution < 1.29 is 19.2 Å². The molecule has 0 spiro atoms. The van der Waals surface area contributed by atoms with Crippen LogP contribution in [0.3, 0.4) is 0 Å². The second-order valence-electron chi connectivity index (χ2n) is 13.4. The van der Waals surface area contributed by atoms with Gasteiger partial charge in [-0.15, -0.1) is 0 Å². The van der Waals surface area contributed by atoms with Crippen molar-refractivity contribution >= 4 is 24.1 Å². The van der Waals surface area contributed by atoms with Gasteiger partial charge in [0.2, 0.25) is 0 Å². The lowest BCUT2D eigenvalue weighted by Gasteiger charge is -2.41. The Labute approximate surface area is 289 Å². The molecule has 5 saturated heterocycles. The first-order valence-corrected chi connectivity index (χ1v) is 16.9. The summed E-state index contributed by atoms with van der Waals surface area (Å²) in [4.78, 5) is 71.8. The van der Waals surface area contributed by atoms with Crippen molar-refractivity contribution in [1.82, 2.24) is 39.2 Å². The molecule has 9 rings (SSSR count). The van der Waals surface area contributed by atoms with E-state index in [2.05, 4.69) is 0 Å². The molecule has 0 aromatic heterocycles. The summed E-state index contributed by atoms with van der Waals surface area (Å²) in [5.74, 6) is 0. The fourth-order valence-electron chi connectivity index (χ4n) is 8.20. The van der Waals surface area contributed by atoms with E-state index in [1.54, 1.807) is 39.2 Å². The number of hydrogen-bond donors (Lipinski definition) is 0. The predicted molar refractivity (Wildman–Crippen MR) is 182 cm³/mol. The molecule has 5 fully saturated rings. The van der Waals surface area contributed by atoms with E-state index in [1.807, 2.05) is 121 Å². The van der Waals surface area contributed by atoms with Crippen molar-refractivity contribution in [2.45, 2.75) is 50.8 Å². The van der Waals surface area contributed by atoms with Gasteiger partial charge in [-0.1, -0.05) is 121 Å². The average Bonchev–Trinajstić information content (AvgIpc) is 3.74. The number of amides is 8. The van der Waals surface area contributed by atoms with Crippen LogP contribution in [0.1, 0.15) is 22.3 Å². The standard InChI is InChI=1S/C38H36N8O4/c47-35-39(21-27-13-5-1-6-14-27)31-33-43(35)25-45-34-32(41(37(45)49)23-29-17-9-3-10-18-29)42(24-30-19-11-4-12-20-30)38(50)46(34)26-44(33)36(48)40(31)22-28-15-7-2-8-16-28/h1-20,31-34H,21-26H2. The SMILES string of the molecule is O=C1N(Cc2ccccc2)C2C3N1CN1C(=O)N(Cc4ccccc4)C4C1N(CN3C(=O)N2Cc1ccccc1)C(=O)N4Cc1ccccc1. The van der Waals surface area contributed by atoms with Crippen LogP contribution in [0, 0.1) is 0 Å². The van der Waals surface area contributed by atoms with Crippen LogP contribution >= 0.6 is 0 Å². The molecule has 8 amide bonds. The Morgan fingerprint density at radius 3 is 0.780 bits per heavy atom. The van der Waals surface area contributed by atoms with Gasteiger partial charge in [0, 0.05) is 26.2 Å². The maximum absolute atomic E-state index is 14.6. The molecule has 4 aromatic carbocycles. The monoisotopic (exact) mass is 668 g/mol. The normalized spacial score (nSPS) is 24.0. The third kappa shape index (κ3) is 4.73. The molecule has 12 nitrogen and oxygen atoms in total. The topological polar surface area (TPSA) is 94.2 Å². The molecule has 0 aliphatic carbocycles. The smallest absolute Gasteiger partial charge is 0.296 e. The summed E-state index contributed by atoms with van der Waals surface area (Å²) < 4.78 is 0. The minimum atomic E-state index is -0.714. The molecule has 5 aliphatic rings. The molecule has 0 saturated carbocycles. The Bertz CT molecular complexity index is 1660. The van der Waals surface area contributed by atoms with Gasteiger partial charge in [0.1, 0.15) is 13.3 Å². The van der Waals surface area contributed by atoms with Gasteiger partial charge < -0.3 is 0 Å². The van der Waals surface area contributed by atoms with Crippen LogP contribution in [0.4, 0.5) is 19.2 Å². The number of carbonyl (C=O) groups is 4. The second kappa shape index (κ2) is 11.8. The van der Waals surface area contributed by atoms with E-state index < -0.39 is 24.7 Å². The van der Waals surface area contributed by atoms with Crippen LogP contribution < -0.4 is 0 Å². The maximum atomic E-state index is 14.6. The van der Waals surface area contributed by atoms with Gasteiger partial charge in [0.05, 0.1) is 0 Å². The van der Waals surface area contributed by atoms with Crippen molar-refractivity contribution in [2.75, 3.05) is 13.3 Å². The highest BCUT2D eigenvalue weighted by atomic mass is 16.2. The van der Waals surface area contributed by atoms with E-state index in [-0.39, 0.29) is 63.6 Å². The van der Waals surface area contributed by atoms with Gasteiger partial charge in [0.25, 0.3) is 0 Å². The van der Waals surface area contributed by atoms with Crippen molar-refractivity contribution in [2.24, 2.45) is 0 Å². The molecule has 12 heteroatoms. The van der Waals surface area contributed by atoms with Gasteiger partial charge in [-0.25, -0.2) is 19.2 Å². The molecular formula is C38H36N8O4. The Balaban J connectivity index is 1.13. The minimum Gasteiger partial charge on any atom is -0.296 e. The molecular weight excluding hydrogens is 632 g/mol. The van der Waals surface area contributed by atoms with Gasteiger partial charge in [0.15, 0.2) is 24.7 Å². The van der Waals surface area contributed by atoms with E-state index in [0.29, 0.717) is 0 Å². The minimum absolute atomic E-state index is 0.0670. The highest BCUT2D eigenvalue weighted by molar-refractivity contribution is 5.89. The summed E-state index contributed by atoms with van der Waals surface area (Å²) in [5, 5.41) is 0. The Kier molecular flexibility index (Phi) is 7.11. The first-order valence-electron chi connectivity index (χ1n) is 16.9. The highest BCUT2D eigenvalue weighted by Gasteiger charge is 2.66. The van der Waals surface area contributed by atoms with E-state index in [1.165, 1.54) is 0 Å². The number of nitrogens with zero attached hydrogens (tertiary/aromatic N) is 8. The predicted octanol–water partition coefficient (Wildman–Crippen LogP) is 4.97. The van der Waals surface area contributed by atoms with Gasteiger partial charge in [-0.3, -0.25) is 39.2 Å². The third-order valence-corrected chi connectivity index (χ3v) is 10.4. The van der Waals surface area contributed by atoms with E-state index in [9.17, 15) is 19.2 Å². The zero-order valence-corrected chi connectivity index (χ0v) is 27.3. The molecule has 0 N–H and O–H groups in total. The lowest BCUT2D eigenvalue weighted by molar-refractivity contribution is -0.00248. The maximum Gasteiger partial charge on any atom is 0.325 e. The van der Waals surface area contributed by atoms with Crippen LogP contribution in [0.25, 0.3) is 0 Å². The molecule has 5 aliphatic heterocycles. The summed E-state index contributed by atoms with van der Waals surface area (Å²) >= 11 is 0. The fourth-order valence-corrected chi connectivity index (χ4v) is 8.20. The lowest BCUT2D eigenvalue weighted by atomic mass is 10.2. The van der Waals surface area contributed by atoms with E-state index in [4.69, 9.17) is 0 Å². The second-order valence-corrected chi connectivity index (χ2v) is 13.4. The number of hydrogen-bond acceptors (Lipinski definition) is 4. The Hall–Kier alpha value is -6.04. The number of urea groups is 4. The van der Waals surface area contributed by atoms with Gasteiger partial charge in [-0.05, 0) is 22.3 Å². The van der Waals surface area contributed by atoms with Crippen LogP contribution in [0.15, 0.2) is 121 Å². The van der Waals surface area contributed by atoms with Crippen molar-refractivity contribution in [3.63, 3.8) is 0 Å². The molecule has 50 heavy (non-hydrogen) atoms. The highest BCUT2D eigenvalue weighted by Crippen LogP contribution is 2.44. The van der Waals surface area contributed by atoms with E-state index in [0.717, 1.165) is 22.3 Å². The Morgan fingerprint density at radius 1 is 0.340 bits per heavy atom. The zero-order chi connectivity index (χ0) is 33.9. The van der Waals surface area contributed by atoms with Crippen LogP contribution in [0.2, 0.25) is 0 Å². The molecule has 5 heterocycles. The Morgan fingerprint density at radius 2 is 0.560 bits per heavy atom. The largest absolute Gasteiger partial charge is 0.325 e. The van der Waals surface area contributed by atoms with Crippen LogP contribution in [-0.2, 0) is 26.2 Å². The molecule has 0 bridgehead atoms. The lowest BCUT2D eigenvalue weighted by Crippen LogP contribution is -2.61. The molecule has 4 aromatic rings. The summed E-state index contributed by atoms with van der Waals surface area (Å²) in [5.41, 5.74) is 3.72. The molecule has 0 atom stereocenters. The first kappa shape index (κ1) is 30.1.